The van der Waals surface area contributed by atoms with Gasteiger partial charge in [0.25, 0.3) is 5.91 Å². The van der Waals surface area contributed by atoms with Crippen LogP contribution in [0.25, 0.3) is 6.08 Å². The number of hydrogen-bond acceptors (Lipinski definition) is 6. The summed E-state index contributed by atoms with van der Waals surface area (Å²) >= 11 is 12.2. The molecule has 1 atom stereocenters. The third-order valence-corrected chi connectivity index (χ3v) is 5.43. The Morgan fingerprint density at radius 2 is 1.70 bits per heavy atom. The quantitative estimate of drug-likeness (QED) is 0.456. The second kappa shape index (κ2) is 11.4. The molecule has 3 rings (SSSR count). The predicted molar refractivity (Wildman–Crippen MR) is 130 cm³/mol. The maximum atomic E-state index is 12.6. The van der Waals surface area contributed by atoms with Crippen molar-refractivity contribution in [2.45, 2.75) is 12.5 Å². The summed E-state index contributed by atoms with van der Waals surface area (Å²) in [6, 6.07) is 13.4. The number of halogens is 2. The number of carbonyl (C=O) groups excluding carboxylic acids is 2. The molecule has 1 amide bonds. The first-order valence-corrected chi connectivity index (χ1v) is 10.8. The SMILES string of the molecule is COC(=O)C(C/C=C/c1ccc(N(C)c2ncccn2)cc1)NC(=O)c1c(Cl)cccc1Cl. The van der Waals surface area contributed by atoms with Crippen molar-refractivity contribution in [3.8, 4) is 0 Å². The number of benzene rings is 2. The smallest absolute Gasteiger partial charge is 0.328 e. The van der Waals surface area contributed by atoms with E-state index in [1.165, 1.54) is 7.11 Å². The Bertz CT molecular complexity index is 1120. The van der Waals surface area contributed by atoms with Gasteiger partial charge in [0.15, 0.2) is 0 Å². The summed E-state index contributed by atoms with van der Waals surface area (Å²) in [6.07, 6.45) is 7.24. The van der Waals surface area contributed by atoms with Crippen LogP contribution in [0.15, 0.2) is 67.0 Å². The van der Waals surface area contributed by atoms with Gasteiger partial charge in [-0.2, -0.15) is 0 Å². The molecule has 0 bridgehead atoms. The van der Waals surface area contributed by atoms with Crippen LogP contribution in [-0.4, -0.2) is 42.0 Å². The van der Waals surface area contributed by atoms with Crippen molar-refractivity contribution < 1.29 is 14.3 Å². The van der Waals surface area contributed by atoms with Crippen LogP contribution in [0, 0.1) is 0 Å². The van der Waals surface area contributed by atoms with Crippen molar-refractivity contribution in [2.75, 3.05) is 19.1 Å². The van der Waals surface area contributed by atoms with Gasteiger partial charge in [0.2, 0.25) is 5.95 Å². The molecule has 3 aromatic rings. The van der Waals surface area contributed by atoms with Crippen molar-refractivity contribution >= 4 is 52.8 Å². The second-order valence-corrected chi connectivity index (χ2v) is 7.80. The van der Waals surface area contributed by atoms with Crippen molar-refractivity contribution in [2.24, 2.45) is 0 Å². The third-order valence-electron chi connectivity index (χ3n) is 4.80. The van der Waals surface area contributed by atoms with Crippen LogP contribution in [0.4, 0.5) is 11.6 Å². The molecule has 0 fully saturated rings. The van der Waals surface area contributed by atoms with Crippen LogP contribution >= 0.6 is 23.2 Å². The molecular weight excluding hydrogens is 463 g/mol. The lowest BCUT2D eigenvalue weighted by atomic mass is 10.1. The van der Waals surface area contributed by atoms with E-state index in [1.54, 1.807) is 42.7 Å². The zero-order valence-electron chi connectivity index (χ0n) is 18.0. The number of nitrogens with one attached hydrogen (secondary N) is 1. The summed E-state index contributed by atoms with van der Waals surface area (Å²) < 4.78 is 4.83. The van der Waals surface area contributed by atoms with E-state index in [2.05, 4.69) is 15.3 Å². The van der Waals surface area contributed by atoms with Crippen molar-refractivity contribution in [1.82, 2.24) is 15.3 Å². The minimum absolute atomic E-state index is 0.112. The number of hydrogen-bond donors (Lipinski definition) is 1. The van der Waals surface area contributed by atoms with E-state index >= 15 is 0 Å². The lowest BCUT2D eigenvalue weighted by Gasteiger charge is -2.17. The molecule has 1 aromatic heterocycles. The Hall–Kier alpha value is -3.42. The highest BCUT2D eigenvalue weighted by molar-refractivity contribution is 6.39. The van der Waals surface area contributed by atoms with Gasteiger partial charge in [0.1, 0.15) is 6.04 Å². The molecule has 170 valence electrons. The summed E-state index contributed by atoms with van der Waals surface area (Å²) in [4.78, 5) is 35.2. The molecule has 0 aliphatic carbocycles. The Labute approximate surface area is 202 Å². The fourth-order valence-corrected chi connectivity index (χ4v) is 3.60. The van der Waals surface area contributed by atoms with Gasteiger partial charge in [-0.25, -0.2) is 14.8 Å². The van der Waals surface area contributed by atoms with Crippen LogP contribution in [0.2, 0.25) is 10.0 Å². The maximum absolute atomic E-state index is 12.6. The van der Waals surface area contributed by atoms with Crippen molar-refractivity contribution in [3.63, 3.8) is 0 Å². The summed E-state index contributed by atoms with van der Waals surface area (Å²) in [7, 11) is 3.15. The third kappa shape index (κ3) is 6.31. The fraction of sp³-hybridized carbons (Fsp3) is 0.167. The van der Waals surface area contributed by atoms with E-state index in [9.17, 15) is 9.59 Å². The highest BCUT2D eigenvalue weighted by Gasteiger charge is 2.23. The number of methoxy groups -OCH3 is 1. The molecule has 33 heavy (non-hydrogen) atoms. The van der Waals surface area contributed by atoms with Gasteiger partial charge in [-0.15, -0.1) is 0 Å². The number of anilines is 2. The molecule has 0 aliphatic heterocycles. The second-order valence-electron chi connectivity index (χ2n) is 6.98. The first kappa shape index (κ1) is 24.2. The fourth-order valence-electron chi connectivity index (χ4n) is 3.03. The van der Waals surface area contributed by atoms with Crippen LogP contribution in [0.5, 0.6) is 0 Å². The number of nitrogens with zero attached hydrogens (tertiary/aromatic N) is 3. The zero-order chi connectivity index (χ0) is 23.8. The number of esters is 1. The van der Waals surface area contributed by atoms with Gasteiger partial charge in [0, 0.05) is 25.1 Å². The van der Waals surface area contributed by atoms with Crippen LogP contribution in [-0.2, 0) is 9.53 Å². The average Bonchev–Trinajstić information content (AvgIpc) is 2.83. The molecular formula is C24H22Cl2N4O3. The van der Waals surface area contributed by atoms with Crippen LogP contribution in [0.1, 0.15) is 22.3 Å². The van der Waals surface area contributed by atoms with E-state index in [4.69, 9.17) is 27.9 Å². The normalized spacial score (nSPS) is 11.8. The number of aromatic nitrogens is 2. The summed E-state index contributed by atoms with van der Waals surface area (Å²) in [5, 5.41) is 3.04. The topological polar surface area (TPSA) is 84.4 Å². The maximum Gasteiger partial charge on any atom is 0.328 e. The summed E-state index contributed by atoms with van der Waals surface area (Å²) in [5.41, 5.74) is 1.96. The number of ether oxygens (including phenoxy) is 1. The number of rotatable bonds is 8. The average molecular weight is 485 g/mol. The zero-order valence-corrected chi connectivity index (χ0v) is 19.5. The van der Waals surface area contributed by atoms with Gasteiger partial charge in [0.05, 0.1) is 22.7 Å². The standard InChI is InChI=1S/C24H22Cl2N4O3/c1-30(24-27-14-5-15-28-24)17-12-10-16(11-13-17)6-3-9-20(23(32)33-2)29-22(31)21-18(25)7-4-8-19(21)26/h3-8,10-15,20H,9H2,1-2H3,(H,29,31)/b6-3+. The molecule has 1 N–H and O–H groups in total. The van der Waals surface area contributed by atoms with Gasteiger partial charge < -0.3 is 15.0 Å². The molecule has 0 saturated heterocycles. The van der Waals surface area contributed by atoms with E-state index in [0.717, 1.165) is 11.3 Å². The highest BCUT2D eigenvalue weighted by Crippen LogP contribution is 2.24. The summed E-state index contributed by atoms with van der Waals surface area (Å²) in [5.74, 6) is -0.531. The Balaban J connectivity index is 1.66. The first-order chi connectivity index (χ1) is 15.9. The molecule has 1 heterocycles. The van der Waals surface area contributed by atoms with E-state index in [-0.39, 0.29) is 22.0 Å². The van der Waals surface area contributed by atoms with Gasteiger partial charge in [-0.3, -0.25) is 4.79 Å². The lowest BCUT2D eigenvalue weighted by Crippen LogP contribution is -2.41. The largest absolute Gasteiger partial charge is 0.467 e. The lowest BCUT2D eigenvalue weighted by molar-refractivity contribution is -0.142. The van der Waals surface area contributed by atoms with Crippen LogP contribution in [0.3, 0.4) is 0 Å². The Morgan fingerprint density at radius 1 is 1.06 bits per heavy atom. The monoisotopic (exact) mass is 484 g/mol. The summed E-state index contributed by atoms with van der Waals surface area (Å²) in [6.45, 7) is 0. The highest BCUT2D eigenvalue weighted by atomic mass is 35.5. The molecule has 1 unspecified atom stereocenters. The number of carbonyl (C=O) groups is 2. The molecule has 0 aliphatic rings. The Morgan fingerprint density at radius 3 is 2.30 bits per heavy atom. The van der Waals surface area contributed by atoms with E-state index < -0.39 is 17.9 Å². The van der Waals surface area contributed by atoms with Crippen LogP contribution < -0.4 is 10.2 Å². The molecule has 0 spiro atoms. The Kier molecular flexibility index (Phi) is 8.40. The van der Waals surface area contributed by atoms with E-state index in [0.29, 0.717) is 5.95 Å². The molecule has 7 nitrogen and oxygen atoms in total. The molecule has 2 aromatic carbocycles. The van der Waals surface area contributed by atoms with Gasteiger partial charge in [-0.1, -0.05) is 53.6 Å². The minimum Gasteiger partial charge on any atom is -0.467 e. The number of amides is 1. The minimum atomic E-state index is -0.897. The van der Waals surface area contributed by atoms with Gasteiger partial charge >= 0.3 is 5.97 Å². The molecule has 9 heteroatoms. The first-order valence-electron chi connectivity index (χ1n) is 10.0. The molecule has 0 saturated carbocycles. The van der Waals surface area contributed by atoms with E-state index in [1.807, 2.05) is 42.3 Å². The molecule has 0 radical (unpaired) electrons. The predicted octanol–water partition coefficient (Wildman–Crippen LogP) is 4.93. The van der Waals surface area contributed by atoms with Gasteiger partial charge in [-0.05, 0) is 42.3 Å². The van der Waals surface area contributed by atoms with Crippen molar-refractivity contribution in [1.29, 1.82) is 0 Å². The van der Waals surface area contributed by atoms with Crippen molar-refractivity contribution in [3.05, 3.63) is 88.2 Å².